The largest absolute Gasteiger partial charge is 0.462 e. The molecule has 4 rings (SSSR count). The Hall–Kier alpha value is -3.00. The number of benzene rings is 1. The van der Waals surface area contributed by atoms with Crippen LogP contribution in [0.4, 0.5) is 0 Å². The average Bonchev–Trinajstić information content (AvgIpc) is 3.13. The van der Waals surface area contributed by atoms with Crippen molar-refractivity contribution >= 4 is 5.97 Å². The zero-order chi connectivity index (χ0) is 19.0. The number of aromatic nitrogens is 5. The van der Waals surface area contributed by atoms with Gasteiger partial charge in [0.05, 0.1) is 36.5 Å². The first-order valence-corrected chi connectivity index (χ1v) is 8.93. The monoisotopic (exact) mass is 367 g/mol. The van der Waals surface area contributed by atoms with Gasteiger partial charge in [-0.15, -0.1) is 5.10 Å². The number of carbonyl (C=O) groups excluding carboxylic acids is 1. The predicted molar refractivity (Wildman–Crippen MR) is 96.5 cm³/mol. The van der Waals surface area contributed by atoms with E-state index in [1.165, 1.54) is 0 Å². The van der Waals surface area contributed by atoms with E-state index in [0.29, 0.717) is 12.2 Å². The van der Waals surface area contributed by atoms with E-state index >= 15 is 0 Å². The molecule has 0 bridgehead atoms. The molecule has 2 atom stereocenters. The molecule has 1 aliphatic rings. The van der Waals surface area contributed by atoms with Crippen molar-refractivity contribution in [3.05, 3.63) is 59.2 Å². The third-order valence-corrected chi connectivity index (χ3v) is 4.78. The van der Waals surface area contributed by atoms with Crippen LogP contribution in [0.3, 0.4) is 0 Å². The number of ether oxygens (including phenoxy) is 1. The van der Waals surface area contributed by atoms with Crippen LogP contribution < -0.4 is 0 Å². The smallest absolute Gasteiger partial charge is 0.341 e. The number of esters is 1. The summed E-state index contributed by atoms with van der Waals surface area (Å²) in [5.41, 5.74) is 3.79. The van der Waals surface area contributed by atoms with Gasteiger partial charge in [-0.2, -0.15) is 5.10 Å². The van der Waals surface area contributed by atoms with Gasteiger partial charge in [0.15, 0.2) is 0 Å². The zero-order valence-corrected chi connectivity index (χ0v) is 15.2. The molecule has 0 spiro atoms. The first-order valence-electron chi connectivity index (χ1n) is 8.93. The van der Waals surface area contributed by atoms with Crippen LogP contribution in [0.5, 0.6) is 0 Å². The lowest BCUT2D eigenvalue weighted by molar-refractivity contribution is 0.0525. The van der Waals surface area contributed by atoms with Crippen molar-refractivity contribution in [3.8, 4) is 5.69 Å². The predicted octanol–water partition coefficient (Wildman–Crippen LogP) is 1.94. The quantitative estimate of drug-likeness (QED) is 0.669. The number of hydrogen-bond donors (Lipinski definition) is 1. The Morgan fingerprint density at radius 2 is 2.22 bits per heavy atom. The van der Waals surface area contributed by atoms with Crippen LogP contribution >= 0.6 is 0 Å². The summed E-state index contributed by atoms with van der Waals surface area (Å²) in [4.78, 5) is 12.5. The number of rotatable bonds is 6. The van der Waals surface area contributed by atoms with Crippen molar-refractivity contribution in [2.45, 2.75) is 31.8 Å². The molecule has 1 saturated carbocycles. The third kappa shape index (κ3) is 3.23. The summed E-state index contributed by atoms with van der Waals surface area (Å²) in [6.07, 6.45) is 4.34. The molecule has 27 heavy (non-hydrogen) atoms. The standard InChI is InChI=1S/C19H21N5O3/c1-3-27-19(26)16-9-20-24(13-6-4-5-12(7-13)11-25)18(16)15-8-14(15)17-10-23(2)22-21-17/h4-7,9-10,14-15,25H,3,8,11H2,1-2H3/t14-,15-/m1/s1. The minimum absolute atomic E-state index is 0.0547. The van der Waals surface area contributed by atoms with E-state index in [2.05, 4.69) is 15.4 Å². The van der Waals surface area contributed by atoms with Gasteiger partial charge in [0.25, 0.3) is 0 Å². The molecule has 0 saturated heterocycles. The van der Waals surface area contributed by atoms with Gasteiger partial charge in [-0.3, -0.25) is 4.68 Å². The number of carbonyl (C=O) groups is 1. The first kappa shape index (κ1) is 17.4. The Bertz CT molecular complexity index is 977. The van der Waals surface area contributed by atoms with E-state index < -0.39 is 0 Å². The number of aryl methyl sites for hydroxylation is 1. The van der Waals surface area contributed by atoms with Gasteiger partial charge in [-0.25, -0.2) is 9.48 Å². The molecule has 1 N–H and O–H groups in total. The molecule has 2 heterocycles. The Morgan fingerprint density at radius 3 is 2.93 bits per heavy atom. The Balaban J connectivity index is 1.75. The second kappa shape index (κ2) is 6.96. The first-order chi connectivity index (χ1) is 13.1. The minimum atomic E-state index is -0.373. The van der Waals surface area contributed by atoms with E-state index in [4.69, 9.17) is 4.74 Å². The maximum Gasteiger partial charge on any atom is 0.341 e. The minimum Gasteiger partial charge on any atom is -0.462 e. The topological polar surface area (TPSA) is 95.1 Å². The Morgan fingerprint density at radius 1 is 1.37 bits per heavy atom. The second-order valence-electron chi connectivity index (χ2n) is 6.67. The van der Waals surface area contributed by atoms with Crippen molar-refractivity contribution in [3.63, 3.8) is 0 Å². The van der Waals surface area contributed by atoms with Crippen molar-refractivity contribution in [1.82, 2.24) is 24.8 Å². The van der Waals surface area contributed by atoms with E-state index in [-0.39, 0.29) is 24.4 Å². The lowest BCUT2D eigenvalue weighted by Crippen LogP contribution is -2.09. The molecule has 0 amide bonds. The highest BCUT2D eigenvalue weighted by molar-refractivity contribution is 5.91. The molecule has 8 nitrogen and oxygen atoms in total. The van der Waals surface area contributed by atoms with Crippen LogP contribution in [0.15, 0.2) is 36.7 Å². The molecule has 2 aromatic heterocycles. The van der Waals surface area contributed by atoms with Gasteiger partial charge in [0.1, 0.15) is 5.56 Å². The second-order valence-corrected chi connectivity index (χ2v) is 6.67. The normalized spacial score (nSPS) is 18.5. The molecular formula is C19H21N5O3. The number of aliphatic hydroxyl groups is 1. The fourth-order valence-corrected chi connectivity index (χ4v) is 3.43. The molecule has 0 aliphatic heterocycles. The summed E-state index contributed by atoms with van der Waals surface area (Å²) in [6.45, 7) is 2.04. The lowest BCUT2D eigenvalue weighted by Gasteiger charge is -2.10. The molecule has 0 radical (unpaired) electrons. The van der Waals surface area contributed by atoms with E-state index in [1.54, 1.807) is 22.5 Å². The third-order valence-electron chi connectivity index (χ3n) is 4.78. The van der Waals surface area contributed by atoms with Gasteiger partial charge >= 0.3 is 5.97 Å². The van der Waals surface area contributed by atoms with Gasteiger partial charge < -0.3 is 9.84 Å². The summed E-state index contributed by atoms with van der Waals surface area (Å²) in [6, 6.07) is 7.48. The van der Waals surface area contributed by atoms with E-state index in [9.17, 15) is 9.90 Å². The molecule has 3 aromatic rings. The van der Waals surface area contributed by atoms with Gasteiger partial charge in [0, 0.05) is 25.1 Å². The highest BCUT2D eigenvalue weighted by Crippen LogP contribution is 2.55. The van der Waals surface area contributed by atoms with Crippen molar-refractivity contribution < 1.29 is 14.6 Å². The SMILES string of the molecule is CCOC(=O)c1cnn(-c2cccc(CO)c2)c1[C@@H]1C[C@H]1c1cn(C)nn1. The van der Waals surface area contributed by atoms with Gasteiger partial charge in [-0.1, -0.05) is 17.3 Å². The molecule has 8 heteroatoms. The molecule has 0 unspecified atom stereocenters. The highest BCUT2D eigenvalue weighted by Gasteiger charge is 2.46. The molecule has 140 valence electrons. The summed E-state index contributed by atoms with van der Waals surface area (Å²) in [7, 11) is 1.84. The van der Waals surface area contributed by atoms with E-state index in [0.717, 1.165) is 29.1 Å². The lowest BCUT2D eigenvalue weighted by atomic mass is 10.1. The van der Waals surface area contributed by atoms with Gasteiger partial charge in [-0.05, 0) is 31.0 Å². The van der Waals surface area contributed by atoms with Crippen LogP contribution in [-0.4, -0.2) is 42.5 Å². The average molecular weight is 367 g/mol. The molecular weight excluding hydrogens is 346 g/mol. The summed E-state index contributed by atoms with van der Waals surface area (Å²) in [5, 5.41) is 22.1. The van der Waals surface area contributed by atoms with Crippen molar-refractivity contribution in [2.75, 3.05) is 6.61 Å². The summed E-state index contributed by atoms with van der Waals surface area (Å²) < 4.78 is 8.67. The van der Waals surface area contributed by atoms with E-state index in [1.807, 2.05) is 37.5 Å². The fourth-order valence-electron chi connectivity index (χ4n) is 3.43. The maximum atomic E-state index is 12.5. The molecule has 1 aromatic carbocycles. The van der Waals surface area contributed by atoms with Crippen molar-refractivity contribution in [1.29, 1.82) is 0 Å². The van der Waals surface area contributed by atoms with Crippen LogP contribution in [0.1, 0.15) is 52.5 Å². The van der Waals surface area contributed by atoms with Crippen LogP contribution in [0, 0.1) is 0 Å². The maximum absolute atomic E-state index is 12.5. The van der Waals surface area contributed by atoms with Crippen LogP contribution in [-0.2, 0) is 18.4 Å². The number of nitrogens with zero attached hydrogens (tertiary/aromatic N) is 5. The zero-order valence-electron chi connectivity index (χ0n) is 15.2. The fraction of sp³-hybridized carbons (Fsp3) is 0.368. The summed E-state index contributed by atoms with van der Waals surface area (Å²) in [5.74, 6) is -0.0633. The van der Waals surface area contributed by atoms with Crippen molar-refractivity contribution in [2.24, 2.45) is 7.05 Å². The van der Waals surface area contributed by atoms with Crippen LogP contribution in [0.25, 0.3) is 5.69 Å². The molecule has 1 aliphatic carbocycles. The van der Waals surface area contributed by atoms with Gasteiger partial charge in [0.2, 0.25) is 0 Å². The number of hydrogen-bond acceptors (Lipinski definition) is 6. The highest BCUT2D eigenvalue weighted by atomic mass is 16.5. The summed E-state index contributed by atoms with van der Waals surface area (Å²) >= 11 is 0. The number of aliphatic hydroxyl groups excluding tert-OH is 1. The Kier molecular flexibility index (Phi) is 4.49. The Labute approximate surface area is 156 Å². The molecule has 1 fully saturated rings. The van der Waals surface area contributed by atoms with Crippen LogP contribution in [0.2, 0.25) is 0 Å².